The molecule has 2 aliphatic heterocycles. The molecule has 8 bridgehead atoms. The van der Waals surface area contributed by atoms with Crippen LogP contribution in [0.25, 0.3) is 90.9 Å². The molecule has 1 N–H and O–H groups in total. The summed E-state index contributed by atoms with van der Waals surface area (Å²) in [5.41, 5.74) is 26.4. The molecule has 0 aliphatic carbocycles. The number of fused-ring (bicyclic) bond motifs is 8. The zero-order chi connectivity index (χ0) is 59.7. The molecule has 0 amide bonds. The first-order valence-electron chi connectivity index (χ1n) is 29.9. The van der Waals surface area contributed by atoms with Gasteiger partial charge in [-0.15, -0.1) is 0 Å². The van der Waals surface area contributed by atoms with Gasteiger partial charge in [-0.3, -0.25) is 0 Å². The van der Waals surface area contributed by atoms with Gasteiger partial charge in [-0.1, -0.05) is 239 Å². The van der Waals surface area contributed by atoms with Gasteiger partial charge in [-0.2, -0.15) is 0 Å². The second kappa shape index (κ2) is 19.8. The van der Waals surface area contributed by atoms with Gasteiger partial charge < -0.3 is 9.55 Å². The number of aryl methyl sites for hydroxylation is 1. The lowest BCUT2D eigenvalue weighted by atomic mass is 9.78. The van der Waals surface area contributed by atoms with Crippen LogP contribution in [0.1, 0.15) is 233 Å². The topological polar surface area (TPSA) is 46.5 Å². The first kappa shape index (κ1) is 59.1. The Morgan fingerprint density at radius 2 is 0.469 bits per heavy atom. The highest BCUT2D eigenvalue weighted by molar-refractivity contribution is 6.00. The van der Waals surface area contributed by atoms with E-state index >= 15 is 0 Å². The molecular formula is C77H96N4. The molecule has 0 atom stereocenters. The lowest BCUT2D eigenvalue weighted by Crippen LogP contribution is -2.16. The molecule has 0 saturated carbocycles. The summed E-state index contributed by atoms with van der Waals surface area (Å²) in [5, 5.41) is 0. The number of hydrogen-bond donors (Lipinski definition) is 1. The first-order chi connectivity index (χ1) is 37.1. The second-order valence-corrected chi connectivity index (χ2v) is 32.1. The van der Waals surface area contributed by atoms with Gasteiger partial charge in [-0.25, -0.2) is 9.97 Å². The Balaban J connectivity index is 1.58. The van der Waals surface area contributed by atoms with Crippen molar-refractivity contribution in [3.8, 4) is 44.5 Å². The zero-order valence-corrected chi connectivity index (χ0v) is 54.4. The SMILES string of the molecule is Cn1c2ccc1c(-c1cc(C(C)(C)C)cc(C(C)(C)C)c1)c1nc(c(-c3cc(C(C)(C)C)cc(C(C)(C)C)c3)c3ccc([nH]3)c(-c3cc(C(C)(C)C)cc(C(C)(C)C)c3)c3nc(c2-c2cc(C(C)(C)C)cc(C(C)(C)C)c2)C=C3)C=C1. The van der Waals surface area contributed by atoms with Crippen LogP contribution in [0.15, 0.2) is 97.1 Å². The molecule has 3 aromatic heterocycles. The van der Waals surface area contributed by atoms with Crippen molar-refractivity contribution >= 4 is 46.4 Å². The number of H-pyrrole nitrogens is 1. The average molecular weight is 1080 g/mol. The predicted molar refractivity (Wildman–Crippen MR) is 355 cm³/mol. The van der Waals surface area contributed by atoms with Crippen LogP contribution >= 0.6 is 0 Å². The molecule has 0 spiro atoms. The van der Waals surface area contributed by atoms with Gasteiger partial charge >= 0.3 is 0 Å². The van der Waals surface area contributed by atoms with E-state index in [1.807, 2.05) is 0 Å². The van der Waals surface area contributed by atoms with Crippen LogP contribution in [0.2, 0.25) is 0 Å². The lowest BCUT2D eigenvalue weighted by molar-refractivity contribution is 0.568. The minimum atomic E-state index is -0.100. The molecule has 424 valence electrons. The summed E-state index contributed by atoms with van der Waals surface area (Å²) in [6.07, 6.45) is 9.10. The largest absolute Gasteiger partial charge is 0.354 e. The molecule has 4 heteroatoms. The molecule has 7 aromatic rings. The summed E-state index contributed by atoms with van der Waals surface area (Å²) in [6.45, 7) is 55.9. The fraction of sp³-hybridized carbons (Fsp3) is 0.429. The molecule has 0 fully saturated rings. The van der Waals surface area contributed by atoms with Gasteiger partial charge in [0, 0.05) is 40.3 Å². The Hall–Kier alpha value is -6.52. The summed E-state index contributed by atoms with van der Waals surface area (Å²) >= 11 is 0. The van der Waals surface area contributed by atoms with E-state index in [2.05, 4.69) is 304 Å². The molecule has 4 aromatic carbocycles. The normalized spacial score (nSPS) is 13.9. The van der Waals surface area contributed by atoms with Crippen molar-refractivity contribution in [2.45, 2.75) is 209 Å². The fourth-order valence-corrected chi connectivity index (χ4v) is 11.3. The van der Waals surface area contributed by atoms with Crippen molar-refractivity contribution in [1.82, 2.24) is 19.5 Å². The minimum absolute atomic E-state index is 0.0996. The van der Waals surface area contributed by atoms with E-state index in [-0.39, 0.29) is 43.3 Å². The highest BCUT2D eigenvalue weighted by Gasteiger charge is 2.29. The third-order valence-corrected chi connectivity index (χ3v) is 17.0. The number of benzene rings is 4. The Morgan fingerprint density at radius 3 is 0.679 bits per heavy atom. The number of aromatic nitrogens is 4. The summed E-state index contributed by atoms with van der Waals surface area (Å²) in [5.74, 6) is 0. The minimum Gasteiger partial charge on any atom is -0.354 e. The molecule has 0 unspecified atom stereocenters. The number of rotatable bonds is 4. The van der Waals surface area contributed by atoms with Gasteiger partial charge in [0.25, 0.3) is 0 Å². The molecule has 5 heterocycles. The summed E-state index contributed by atoms with van der Waals surface area (Å²) < 4.78 is 2.43. The van der Waals surface area contributed by atoms with Crippen LogP contribution in [-0.2, 0) is 50.4 Å². The van der Waals surface area contributed by atoms with E-state index in [1.165, 1.54) is 44.5 Å². The van der Waals surface area contributed by atoms with Crippen molar-refractivity contribution in [3.05, 3.63) is 164 Å². The first-order valence-corrected chi connectivity index (χ1v) is 29.9. The Bertz CT molecular complexity index is 3490. The quantitative estimate of drug-likeness (QED) is 0.191. The highest BCUT2D eigenvalue weighted by Crippen LogP contribution is 2.45. The molecular weight excluding hydrogens is 981 g/mol. The maximum Gasteiger partial charge on any atom is 0.0737 e. The van der Waals surface area contributed by atoms with Gasteiger partial charge in [0.1, 0.15) is 0 Å². The van der Waals surface area contributed by atoms with Crippen molar-refractivity contribution in [1.29, 1.82) is 0 Å². The summed E-state index contributed by atoms with van der Waals surface area (Å²) in [7, 11) is 2.25. The van der Waals surface area contributed by atoms with Crippen molar-refractivity contribution < 1.29 is 0 Å². The Labute approximate surface area is 488 Å². The number of hydrogen-bond acceptors (Lipinski definition) is 2. The third kappa shape index (κ3) is 11.9. The van der Waals surface area contributed by atoms with Crippen LogP contribution in [0.3, 0.4) is 0 Å². The highest BCUT2D eigenvalue weighted by atomic mass is 14.9. The summed E-state index contributed by atoms with van der Waals surface area (Å²) in [6, 6.07) is 38.4. The van der Waals surface area contributed by atoms with Crippen LogP contribution in [0.5, 0.6) is 0 Å². The Morgan fingerprint density at radius 1 is 0.272 bits per heavy atom. The van der Waals surface area contributed by atoms with Gasteiger partial charge in [-0.05, 0) is 159 Å². The van der Waals surface area contributed by atoms with Crippen molar-refractivity contribution in [2.24, 2.45) is 7.05 Å². The molecule has 0 radical (unpaired) electrons. The van der Waals surface area contributed by atoms with E-state index in [0.717, 1.165) is 89.4 Å². The van der Waals surface area contributed by atoms with Crippen molar-refractivity contribution in [3.63, 3.8) is 0 Å². The second-order valence-electron chi connectivity index (χ2n) is 32.1. The van der Waals surface area contributed by atoms with E-state index in [4.69, 9.17) is 9.97 Å². The van der Waals surface area contributed by atoms with Crippen LogP contribution in [-0.4, -0.2) is 19.5 Å². The van der Waals surface area contributed by atoms with Crippen molar-refractivity contribution in [2.75, 3.05) is 0 Å². The maximum absolute atomic E-state index is 5.92. The van der Waals surface area contributed by atoms with Crippen LogP contribution < -0.4 is 0 Å². The van der Waals surface area contributed by atoms with E-state index < -0.39 is 0 Å². The van der Waals surface area contributed by atoms with Gasteiger partial charge in [0.2, 0.25) is 0 Å². The summed E-state index contributed by atoms with van der Waals surface area (Å²) in [4.78, 5) is 16.0. The van der Waals surface area contributed by atoms with E-state index in [1.54, 1.807) is 0 Å². The van der Waals surface area contributed by atoms with Crippen LogP contribution in [0.4, 0.5) is 0 Å². The maximum atomic E-state index is 5.92. The van der Waals surface area contributed by atoms with Crippen LogP contribution in [0, 0.1) is 0 Å². The monoisotopic (exact) mass is 1080 g/mol. The number of nitrogens with zero attached hydrogens (tertiary/aromatic N) is 3. The lowest BCUT2D eigenvalue weighted by Gasteiger charge is -2.27. The molecule has 9 rings (SSSR count). The predicted octanol–water partition coefficient (Wildman–Crippen LogP) is 21.7. The zero-order valence-electron chi connectivity index (χ0n) is 54.4. The van der Waals surface area contributed by atoms with Gasteiger partial charge in [0.05, 0.1) is 33.8 Å². The number of nitrogens with one attached hydrogen (secondary N) is 1. The van der Waals surface area contributed by atoms with E-state index in [9.17, 15) is 0 Å². The smallest absolute Gasteiger partial charge is 0.0737 e. The fourth-order valence-electron chi connectivity index (χ4n) is 11.3. The molecule has 0 saturated heterocycles. The average Bonchev–Trinajstić information content (AvgIpc) is 4.24. The molecule has 4 nitrogen and oxygen atoms in total. The number of aromatic amines is 1. The molecule has 81 heavy (non-hydrogen) atoms. The molecule has 2 aliphatic rings. The van der Waals surface area contributed by atoms with Gasteiger partial charge in [0.15, 0.2) is 0 Å². The standard InChI is InChI=1S/C77H96N4/c1-70(2,3)50-34-46(35-51(42-50)71(4,5)6)66-58-26-27-59(78-58)67(47-36-52(72(7,8)9)43-53(37-47)73(10,11)12)61-29-31-63(80-61)69(49-40-56(76(19,20)21)45-57(41-49)77(22,23)24)65-33-32-64(81(65)25)68(62-30-28-60(66)79-62)48-38-54(74(13,14)15)44-55(39-48)75(16,17)18/h26-45,78H,1-25H3. The third-order valence-electron chi connectivity index (χ3n) is 17.0. The van der Waals surface area contributed by atoms with E-state index in [0.29, 0.717) is 0 Å². The Kier molecular flexibility index (Phi) is 14.5.